The molecule has 6 nitrogen and oxygen atoms in total. The molecule has 7 rings (SSSR count). The summed E-state index contributed by atoms with van der Waals surface area (Å²) in [6, 6.07) is 28.0. The second-order valence-corrected chi connectivity index (χ2v) is 10.5. The van der Waals surface area contributed by atoms with Crippen molar-refractivity contribution in [3.8, 4) is 39.6 Å². The van der Waals surface area contributed by atoms with Crippen LogP contribution in [-0.4, -0.2) is 42.8 Å². The lowest BCUT2D eigenvalue weighted by Gasteiger charge is -2.32. The maximum absolute atomic E-state index is 17.2. The molecule has 0 saturated carbocycles. The number of aliphatic imine (C=N–C) groups is 1. The van der Waals surface area contributed by atoms with Crippen LogP contribution in [-0.2, 0) is 0 Å². The summed E-state index contributed by atoms with van der Waals surface area (Å²) in [5, 5.41) is 29.7. The number of hydrogen-bond acceptors (Lipinski definition) is 4. The SMILES string of the molecule is Cc1ccc(-c2cc(-c3ccc(O)cc3)c3n2[B-](F)(F)[N+]2=C(c4ccc(O)cc4)C=C(c4ccc(O)cc4)C2=N3)cc1. The fourth-order valence-electron chi connectivity index (χ4n) is 5.61. The van der Waals surface area contributed by atoms with Gasteiger partial charge in [-0.3, -0.25) is 0 Å². The predicted octanol–water partition coefficient (Wildman–Crippen LogP) is 7.11. The van der Waals surface area contributed by atoms with Crippen molar-refractivity contribution in [2.75, 3.05) is 0 Å². The summed E-state index contributed by atoms with van der Waals surface area (Å²) in [7, 11) is 0. The Labute approximate surface area is 240 Å². The van der Waals surface area contributed by atoms with Crippen molar-refractivity contribution in [2.45, 2.75) is 6.92 Å². The molecule has 0 radical (unpaired) electrons. The highest BCUT2D eigenvalue weighted by atomic mass is 19.2. The number of amidine groups is 1. The van der Waals surface area contributed by atoms with Crippen LogP contribution >= 0.6 is 0 Å². The highest BCUT2D eigenvalue weighted by Gasteiger charge is 2.53. The molecule has 1 aromatic heterocycles. The van der Waals surface area contributed by atoms with Crippen LogP contribution in [0.1, 0.15) is 16.7 Å². The fourth-order valence-corrected chi connectivity index (χ4v) is 5.61. The monoisotopic (exact) mass is 559 g/mol. The molecule has 2 aliphatic rings. The maximum Gasteiger partial charge on any atom is 0.642 e. The molecule has 5 aromatic rings. The van der Waals surface area contributed by atoms with Gasteiger partial charge in [-0.05, 0) is 89.3 Å². The lowest BCUT2D eigenvalue weighted by Crippen LogP contribution is -2.53. The molecule has 42 heavy (non-hydrogen) atoms. The van der Waals surface area contributed by atoms with Crippen molar-refractivity contribution in [2.24, 2.45) is 4.99 Å². The van der Waals surface area contributed by atoms with Gasteiger partial charge in [0, 0.05) is 16.8 Å². The minimum Gasteiger partial charge on any atom is -0.508 e. The van der Waals surface area contributed by atoms with E-state index in [-0.39, 0.29) is 34.6 Å². The van der Waals surface area contributed by atoms with Gasteiger partial charge in [-0.15, -0.1) is 0 Å². The third-order valence-electron chi connectivity index (χ3n) is 7.72. The van der Waals surface area contributed by atoms with Gasteiger partial charge in [-0.2, -0.15) is 0 Å². The average molecular weight is 559 g/mol. The highest BCUT2D eigenvalue weighted by Crippen LogP contribution is 2.46. The Balaban J connectivity index is 1.55. The third-order valence-corrected chi connectivity index (χ3v) is 7.72. The summed E-state index contributed by atoms with van der Waals surface area (Å²) in [6.07, 6.45) is 1.67. The maximum atomic E-state index is 17.2. The van der Waals surface area contributed by atoms with E-state index in [1.165, 1.54) is 36.4 Å². The second kappa shape index (κ2) is 9.31. The van der Waals surface area contributed by atoms with Crippen molar-refractivity contribution in [1.82, 2.24) is 4.48 Å². The van der Waals surface area contributed by atoms with E-state index in [1.54, 1.807) is 48.5 Å². The van der Waals surface area contributed by atoms with Crippen molar-refractivity contribution in [1.29, 1.82) is 0 Å². The highest BCUT2D eigenvalue weighted by molar-refractivity contribution is 6.63. The molecule has 9 heteroatoms. The molecule has 206 valence electrons. The molecule has 3 heterocycles. The number of benzene rings is 4. The van der Waals surface area contributed by atoms with Gasteiger partial charge in [-0.1, -0.05) is 54.1 Å². The molecule has 3 N–H and O–H groups in total. The van der Waals surface area contributed by atoms with Crippen LogP contribution in [0, 0.1) is 6.92 Å². The summed E-state index contributed by atoms with van der Waals surface area (Å²) >= 11 is 0. The number of phenols is 3. The lowest BCUT2D eigenvalue weighted by molar-refractivity contribution is -0.291. The van der Waals surface area contributed by atoms with Crippen molar-refractivity contribution >= 4 is 29.9 Å². The number of aromatic hydroxyl groups is 3. The third kappa shape index (κ3) is 4.01. The van der Waals surface area contributed by atoms with E-state index in [0.29, 0.717) is 39.1 Å². The van der Waals surface area contributed by atoms with Gasteiger partial charge in [-0.25, -0.2) is 0 Å². The number of rotatable bonds is 4. The zero-order valence-electron chi connectivity index (χ0n) is 22.4. The molecule has 0 spiro atoms. The van der Waals surface area contributed by atoms with Crippen LogP contribution in [0.4, 0.5) is 14.4 Å². The summed E-state index contributed by atoms with van der Waals surface area (Å²) < 4.78 is 36.5. The first-order valence-corrected chi connectivity index (χ1v) is 13.4. The number of allylic oxidation sites excluding steroid dienone is 1. The smallest absolute Gasteiger partial charge is 0.508 e. The van der Waals surface area contributed by atoms with Crippen LogP contribution in [0.15, 0.2) is 114 Å². The number of fused-ring (bicyclic) bond motifs is 2. The molecule has 2 aliphatic heterocycles. The van der Waals surface area contributed by atoms with Gasteiger partial charge in [0.25, 0.3) is 5.84 Å². The Kier molecular flexibility index (Phi) is 5.66. The molecule has 0 aliphatic carbocycles. The van der Waals surface area contributed by atoms with Gasteiger partial charge in [0.05, 0.1) is 11.3 Å². The zero-order chi connectivity index (χ0) is 29.2. The Morgan fingerprint density at radius 2 is 1.17 bits per heavy atom. The van der Waals surface area contributed by atoms with Crippen LogP contribution < -0.4 is 0 Å². The quantitative estimate of drug-likeness (QED) is 0.205. The minimum atomic E-state index is -4.50. The Morgan fingerprint density at radius 3 is 1.74 bits per heavy atom. The summed E-state index contributed by atoms with van der Waals surface area (Å²) in [5.41, 5.74) is 4.88. The second-order valence-electron chi connectivity index (χ2n) is 10.5. The Hall–Kier alpha value is -5.44. The summed E-state index contributed by atoms with van der Waals surface area (Å²) in [5.74, 6) is 0.333. The van der Waals surface area contributed by atoms with Gasteiger partial charge in [0.15, 0.2) is 0 Å². The average Bonchev–Trinajstić information content (AvgIpc) is 3.56. The first-order chi connectivity index (χ1) is 20.2. The molecule has 0 unspecified atom stereocenters. The van der Waals surface area contributed by atoms with Crippen LogP contribution in [0.5, 0.6) is 17.2 Å². The van der Waals surface area contributed by atoms with E-state index in [4.69, 9.17) is 4.99 Å². The molecule has 0 fully saturated rings. The standard InChI is InChI=1S/C33H24BF2N3O3/c1-20-2-4-23(5-3-20)30-18-28(21-6-12-25(40)13-7-21)32-37-33-29(22-8-14-26(41)15-9-22)19-31(24-10-16-27(42)17-11-24)39(33)34(35,36)38(30)32/h2-19,40-42H,1H3. The largest absolute Gasteiger partial charge is 0.642 e. The molecular weight excluding hydrogens is 535 g/mol. The number of nitrogens with zero attached hydrogens (tertiary/aromatic N) is 3. The first-order valence-electron chi connectivity index (χ1n) is 13.4. The van der Waals surface area contributed by atoms with Crippen molar-refractivity contribution in [3.63, 3.8) is 0 Å². The van der Waals surface area contributed by atoms with E-state index in [1.807, 2.05) is 31.2 Å². The fraction of sp³-hybridized carbons (Fsp3) is 0.0303. The minimum absolute atomic E-state index is 0.0257. The lowest BCUT2D eigenvalue weighted by atomic mass is 9.90. The van der Waals surface area contributed by atoms with Gasteiger partial charge >= 0.3 is 6.97 Å². The van der Waals surface area contributed by atoms with Crippen LogP contribution in [0.2, 0.25) is 0 Å². The number of aromatic nitrogens is 1. The summed E-state index contributed by atoms with van der Waals surface area (Å²) in [4.78, 5) is 4.92. The normalized spacial score (nSPS) is 15.2. The predicted molar refractivity (Wildman–Crippen MR) is 161 cm³/mol. The van der Waals surface area contributed by atoms with Crippen molar-refractivity contribution in [3.05, 3.63) is 126 Å². The molecule has 0 bridgehead atoms. The van der Waals surface area contributed by atoms with Gasteiger partial charge in [0.2, 0.25) is 5.82 Å². The van der Waals surface area contributed by atoms with E-state index < -0.39 is 6.97 Å². The zero-order valence-corrected chi connectivity index (χ0v) is 22.4. The number of halogens is 2. The van der Waals surface area contributed by atoms with Gasteiger partial charge in [0.1, 0.15) is 17.2 Å². The Bertz CT molecular complexity index is 1960. The van der Waals surface area contributed by atoms with E-state index >= 15 is 8.63 Å². The summed E-state index contributed by atoms with van der Waals surface area (Å²) in [6.45, 7) is -2.56. The molecule has 0 saturated heterocycles. The topological polar surface area (TPSA) is 81.0 Å². The molecule has 0 amide bonds. The van der Waals surface area contributed by atoms with E-state index in [2.05, 4.69) is 0 Å². The Morgan fingerprint density at radius 1 is 0.667 bits per heavy atom. The number of hydrogen-bond donors (Lipinski definition) is 3. The van der Waals surface area contributed by atoms with Crippen molar-refractivity contribution < 1.29 is 28.4 Å². The number of phenolic OH excluding ortho intramolecular Hbond substituents is 3. The molecular formula is C33H24BF2N3O3. The molecule has 4 aromatic carbocycles. The molecule has 0 atom stereocenters. The first kappa shape index (κ1) is 25.5. The van der Waals surface area contributed by atoms with E-state index in [9.17, 15) is 15.3 Å². The van der Waals surface area contributed by atoms with Gasteiger partial charge < -0.3 is 32.9 Å². The van der Waals surface area contributed by atoms with Crippen LogP contribution in [0.25, 0.3) is 28.0 Å². The number of aryl methyl sites for hydroxylation is 1. The van der Waals surface area contributed by atoms with Crippen LogP contribution in [0.3, 0.4) is 0 Å². The van der Waals surface area contributed by atoms with E-state index in [0.717, 1.165) is 14.5 Å².